The highest BCUT2D eigenvalue weighted by Gasteiger charge is 2.41. The monoisotopic (exact) mass is 287 g/mol. The maximum Gasteiger partial charge on any atom is 0.223 e. The standard InChI is InChI=1S/C17H21NO3/c19-15-8-9-16(20)18-10-4-7-14(17(15)18)12-21-11-13-5-2-1-3-6-13/h1-3,5-6,14,17H,4,7-12H2/t14-,17-/m0/s1. The van der Waals surface area contributed by atoms with Crippen molar-refractivity contribution in [3.05, 3.63) is 35.9 Å². The molecule has 2 heterocycles. The zero-order valence-electron chi connectivity index (χ0n) is 12.2. The topological polar surface area (TPSA) is 46.6 Å². The van der Waals surface area contributed by atoms with E-state index in [0.29, 0.717) is 26.1 Å². The van der Waals surface area contributed by atoms with Crippen LogP contribution in [0, 0.1) is 5.92 Å². The molecule has 0 saturated carbocycles. The van der Waals surface area contributed by atoms with Gasteiger partial charge in [-0.3, -0.25) is 9.59 Å². The molecule has 0 aromatic heterocycles. The van der Waals surface area contributed by atoms with Crippen LogP contribution >= 0.6 is 0 Å². The van der Waals surface area contributed by atoms with E-state index in [1.54, 1.807) is 4.90 Å². The van der Waals surface area contributed by atoms with Crippen molar-refractivity contribution >= 4 is 11.7 Å². The van der Waals surface area contributed by atoms with Crippen LogP contribution in [0.15, 0.2) is 30.3 Å². The third kappa shape index (κ3) is 3.16. The van der Waals surface area contributed by atoms with E-state index in [4.69, 9.17) is 4.74 Å². The maximum atomic E-state index is 12.2. The Labute approximate surface area is 125 Å². The van der Waals surface area contributed by atoms with Crippen LogP contribution in [0.3, 0.4) is 0 Å². The van der Waals surface area contributed by atoms with E-state index in [9.17, 15) is 9.59 Å². The lowest BCUT2D eigenvalue weighted by Gasteiger charge is -2.42. The van der Waals surface area contributed by atoms with E-state index < -0.39 is 0 Å². The molecule has 1 aromatic rings. The maximum absolute atomic E-state index is 12.2. The number of hydrogen-bond donors (Lipinski definition) is 0. The van der Waals surface area contributed by atoms with E-state index in [-0.39, 0.29) is 23.7 Å². The largest absolute Gasteiger partial charge is 0.376 e. The molecule has 4 heteroatoms. The SMILES string of the molecule is O=C1CCC(=O)N2CCC[C@@H](COCc3ccccc3)[C@@H]12. The minimum atomic E-state index is -0.240. The lowest BCUT2D eigenvalue weighted by atomic mass is 9.83. The minimum absolute atomic E-state index is 0.132. The van der Waals surface area contributed by atoms with Gasteiger partial charge in [-0.05, 0) is 18.4 Å². The van der Waals surface area contributed by atoms with Crippen LogP contribution in [-0.2, 0) is 20.9 Å². The van der Waals surface area contributed by atoms with E-state index in [0.717, 1.165) is 24.9 Å². The highest BCUT2D eigenvalue weighted by molar-refractivity contribution is 5.95. The molecule has 0 unspecified atom stereocenters. The number of carbonyl (C=O) groups is 2. The third-order valence-corrected chi connectivity index (χ3v) is 4.44. The number of Topliss-reactive ketones (excluding diaryl/α,β-unsaturated/α-hetero) is 1. The predicted molar refractivity (Wildman–Crippen MR) is 78.6 cm³/mol. The number of hydrogen-bond acceptors (Lipinski definition) is 3. The molecule has 0 spiro atoms. The van der Waals surface area contributed by atoms with Crippen molar-refractivity contribution in [2.24, 2.45) is 5.92 Å². The normalized spacial score (nSPS) is 25.8. The fourth-order valence-corrected chi connectivity index (χ4v) is 3.39. The van der Waals surface area contributed by atoms with Crippen molar-refractivity contribution in [2.45, 2.75) is 38.3 Å². The molecule has 2 atom stereocenters. The van der Waals surface area contributed by atoms with Gasteiger partial charge in [-0.2, -0.15) is 0 Å². The first-order chi connectivity index (χ1) is 10.3. The Balaban J connectivity index is 1.59. The quantitative estimate of drug-likeness (QED) is 0.852. The van der Waals surface area contributed by atoms with Crippen LogP contribution in [0.25, 0.3) is 0 Å². The fourth-order valence-electron chi connectivity index (χ4n) is 3.39. The van der Waals surface area contributed by atoms with Crippen molar-refractivity contribution in [1.29, 1.82) is 0 Å². The van der Waals surface area contributed by atoms with Gasteiger partial charge in [0.15, 0.2) is 5.78 Å². The summed E-state index contributed by atoms with van der Waals surface area (Å²) in [6, 6.07) is 9.78. The summed E-state index contributed by atoms with van der Waals surface area (Å²) in [5.74, 6) is 0.495. The highest BCUT2D eigenvalue weighted by atomic mass is 16.5. The molecule has 1 aromatic carbocycles. The van der Waals surface area contributed by atoms with Crippen molar-refractivity contribution in [1.82, 2.24) is 4.90 Å². The first-order valence-corrected chi connectivity index (χ1v) is 7.69. The van der Waals surface area contributed by atoms with Gasteiger partial charge in [0.25, 0.3) is 0 Å². The number of fused-ring (bicyclic) bond motifs is 1. The van der Waals surface area contributed by atoms with Crippen LogP contribution in [-0.4, -0.2) is 35.8 Å². The number of rotatable bonds is 4. The van der Waals surface area contributed by atoms with Gasteiger partial charge in [-0.25, -0.2) is 0 Å². The Kier molecular flexibility index (Phi) is 4.34. The van der Waals surface area contributed by atoms with Crippen LogP contribution < -0.4 is 0 Å². The van der Waals surface area contributed by atoms with Crippen LogP contribution in [0.2, 0.25) is 0 Å². The summed E-state index contributed by atoms with van der Waals surface area (Å²) in [5, 5.41) is 0. The Bertz CT molecular complexity index is 514. The summed E-state index contributed by atoms with van der Waals surface area (Å²) in [6.07, 6.45) is 2.71. The fraction of sp³-hybridized carbons (Fsp3) is 0.529. The Hall–Kier alpha value is -1.68. The van der Waals surface area contributed by atoms with Gasteiger partial charge >= 0.3 is 0 Å². The van der Waals surface area contributed by atoms with Gasteiger partial charge in [0.2, 0.25) is 5.91 Å². The average Bonchev–Trinajstić information content (AvgIpc) is 2.52. The Morgan fingerprint density at radius 2 is 1.95 bits per heavy atom. The van der Waals surface area contributed by atoms with Gasteiger partial charge in [-0.1, -0.05) is 30.3 Å². The van der Waals surface area contributed by atoms with Crippen molar-refractivity contribution in [3.63, 3.8) is 0 Å². The second-order valence-electron chi connectivity index (χ2n) is 5.90. The van der Waals surface area contributed by atoms with Crippen molar-refractivity contribution < 1.29 is 14.3 Å². The first kappa shape index (κ1) is 14.3. The number of piperidine rings is 2. The minimum Gasteiger partial charge on any atom is -0.376 e. The zero-order chi connectivity index (χ0) is 14.7. The predicted octanol–water partition coefficient (Wildman–Crippen LogP) is 2.17. The Morgan fingerprint density at radius 1 is 1.14 bits per heavy atom. The van der Waals surface area contributed by atoms with Gasteiger partial charge in [0.05, 0.1) is 19.3 Å². The van der Waals surface area contributed by atoms with Gasteiger partial charge in [-0.15, -0.1) is 0 Å². The molecule has 0 N–H and O–H groups in total. The molecule has 1 amide bonds. The summed E-state index contributed by atoms with van der Waals surface area (Å²) in [4.78, 5) is 25.9. The molecule has 2 aliphatic heterocycles. The summed E-state index contributed by atoms with van der Waals surface area (Å²) >= 11 is 0. The van der Waals surface area contributed by atoms with Crippen molar-refractivity contribution in [3.8, 4) is 0 Å². The van der Waals surface area contributed by atoms with Crippen LogP contribution in [0.1, 0.15) is 31.2 Å². The van der Waals surface area contributed by atoms with E-state index in [1.807, 2.05) is 30.3 Å². The molecule has 2 fully saturated rings. The summed E-state index contributed by atoms with van der Waals surface area (Å²) in [6.45, 7) is 1.84. The number of carbonyl (C=O) groups excluding carboxylic acids is 2. The molecular weight excluding hydrogens is 266 g/mol. The molecule has 112 valence electrons. The number of ketones is 1. The molecule has 2 saturated heterocycles. The third-order valence-electron chi connectivity index (χ3n) is 4.44. The number of ether oxygens (including phenoxy) is 1. The molecule has 0 bridgehead atoms. The Morgan fingerprint density at radius 3 is 2.76 bits per heavy atom. The molecule has 2 aliphatic rings. The second-order valence-corrected chi connectivity index (χ2v) is 5.90. The van der Waals surface area contributed by atoms with Crippen LogP contribution in [0.5, 0.6) is 0 Å². The second kappa shape index (κ2) is 6.39. The zero-order valence-corrected chi connectivity index (χ0v) is 12.2. The first-order valence-electron chi connectivity index (χ1n) is 7.69. The highest BCUT2D eigenvalue weighted by Crippen LogP contribution is 2.30. The average molecular weight is 287 g/mol. The van der Waals surface area contributed by atoms with Crippen LogP contribution in [0.4, 0.5) is 0 Å². The van der Waals surface area contributed by atoms with Gasteiger partial charge in [0.1, 0.15) is 0 Å². The number of benzene rings is 1. The van der Waals surface area contributed by atoms with Crippen molar-refractivity contribution in [2.75, 3.05) is 13.2 Å². The molecule has 0 radical (unpaired) electrons. The number of amides is 1. The molecule has 0 aliphatic carbocycles. The number of nitrogens with zero attached hydrogens (tertiary/aromatic N) is 1. The lowest BCUT2D eigenvalue weighted by Crippen LogP contribution is -2.56. The van der Waals surface area contributed by atoms with Gasteiger partial charge < -0.3 is 9.64 Å². The molecule has 4 nitrogen and oxygen atoms in total. The lowest BCUT2D eigenvalue weighted by molar-refractivity contribution is -0.151. The molecular formula is C17H21NO3. The van der Waals surface area contributed by atoms with E-state index in [2.05, 4.69) is 0 Å². The van der Waals surface area contributed by atoms with E-state index in [1.165, 1.54) is 0 Å². The molecule has 3 rings (SSSR count). The van der Waals surface area contributed by atoms with E-state index >= 15 is 0 Å². The van der Waals surface area contributed by atoms with Gasteiger partial charge in [0, 0.05) is 25.3 Å². The summed E-state index contributed by atoms with van der Waals surface area (Å²) in [7, 11) is 0. The smallest absolute Gasteiger partial charge is 0.223 e. The summed E-state index contributed by atoms with van der Waals surface area (Å²) < 4.78 is 5.80. The molecule has 21 heavy (non-hydrogen) atoms. The summed E-state index contributed by atoms with van der Waals surface area (Å²) in [5.41, 5.74) is 1.14.